The number of oxime groups is 5. The smallest absolute Gasteiger partial charge is 0.228 e. The normalized spacial score (nSPS) is 10.6. The first kappa shape index (κ1) is 81.9. The molecule has 10 aromatic rings. The molecule has 37 heteroatoms. The van der Waals surface area contributed by atoms with Crippen LogP contribution in [0.4, 0.5) is 39.2 Å². The van der Waals surface area contributed by atoms with Crippen LogP contribution in [0.2, 0.25) is 15.1 Å². The maximum atomic E-state index is 13.0. The van der Waals surface area contributed by atoms with Crippen LogP contribution in [0.5, 0.6) is 35.1 Å². The zero-order chi connectivity index (χ0) is 76.6. The number of aromatic nitrogens is 10. The van der Waals surface area contributed by atoms with Crippen LogP contribution in [-0.4, -0.2) is 124 Å². The largest absolute Gasteiger partial charge is 0.496 e. The van der Waals surface area contributed by atoms with Crippen molar-refractivity contribution in [3.8, 4) is 47.5 Å². The van der Waals surface area contributed by atoms with Gasteiger partial charge in [-0.3, -0.25) is 0 Å². The molecule has 0 saturated carbocycles. The van der Waals surface area contributed by atoms with Crippen molar-refractivity contribution in [2.45, 2.75) is 33.0 Å². The van der Waals surface area contributed by atoms with E-state index in [0.29, 0.717) is 85.7 Å². The Balaban J connectivity index is 0.000000208. The van der Waals surface area contributed by atoms with Gasteiger partial charge in [0.15, 0.2) is 5.69 Å². The van der Waals surface area contributed by atoms with Crippen LogP contribution >= 0.6 is 50.7 Å². The summed E-state index contributed by atoms with van der Waals surface area (Å²) in [4.78, 5) is 66.0. The Bertz CT molecular complexity index is 4620. The van der Waals surface area contributed by atoms with Crippen LogP contribution < -0.4 is 57.1 Å². The van der Waals surface area contributed by atoms with Crippen molar-refractivity contribution >= 4 is 117 Å². The minimum absolute atomic E-state index is 0.101. The monoisotopic (exact) mass is 1570 g/mol. The molecule has 5 heterocycles. The fraction of sp³-hybridized carbons (Fsp3) is 0.159. The van der Waals surface area contributed by atoms with Crippen LogP contribution in [0.1, 0.15) is 61.2 Å². The summed E-state index contributed by atoms with van der Waals surface area (Å²) in [6, 6.07) is 29.4. The standard InChI is InChI=1S/C15H14N4O2.C14H15ClN4O3.C14H13N5O2.C13H12BrClN4O2.C13H12ClFN4O2/c1-3-11-4-6-12(7-5-11)9-21-15-13(8-19-20-2)14(16)17-10-18-15;1-20-12-4-3-10(15)5-9(12)7-22-14-11(6-19-21-2)13(16)17-8-18-14;1-16-11-5-3-10(4-6-11)8-21-14-12(7-19-20-2)13(15)17-9-18-14;1-20-19-5-10-12(16)17-7-18-13(10)21-6-8-4-9(14)2-3-11(8)15;1-20-19-5-10-12(16)17-7-18-13(10)21-6-8-2-3-9(15)4-11(8)14/h1,4-8,10H,9H2,2H3,(H2,16,17,18);3-6,8H,7H2,1-2H3,(H2,16,17,18);3-7,9H,8H2,2H3,(H2,15,17,18);2*2-5,7H,6H2,1H3,(H2,16,17,18)/b19-8+;19-6+;19-7+;2*19-5+. The lowest BCUT2D eigenvalue weighted by Crippen LogP contribution is -2.06. The zero-order valence-electron chi connectivity index (χ0n) is 57.1. The molecule has 0 aliphatic carbocycles. The average molecular weight is 1570 g/mol. The van der Waals surface area contributed by atoms with Crippen LogP contribution in [-0.2, 0) is 57.2 Å². The van der Waals surface area contributed by atoms with Crippen molar-refractivity contribution < 1.29 is 57.0 Å². The molecule has 5 aromatic heterocycles. The van der Waals surface area contributed by atoms with Crippen molar-refractivity contribution in [1.29, 1.82) is 0 Å². The highest BCUT2D eigenvalue weighted by atomic mass is 79.9. The van der Waals surface area contributed by atoms with Gasteiger partial charge in [0.25, 0.3) is 0 Å². The van der Waals surface area contributed by atoms with Gasteiger partial charge in [-0.25, -0.2) is 59.1 Å². The van der Waals surface area contributed by atoms with E-state index in [2.05, 4.69) is 127 Å². The van der Waals surface area contributed by atoms with E-state index in [4.69, 9.17) is 105 Å². The first-order valence-corrected chi connectivity index (χ1v) is 32.0. The number of rotatable bonds is 26. The molecule has 0 amide bonds. The third kappa shape index (κ3) is 26.4. The molecule has 0 aliphatic heterocycles. The van der Waals surface area contributed by atoms with Crippen LogP contribution in [0, 0.1) is 24.7 Å². The van der Waals surface area contributed by atoms with Crippen LogP contribution in [0.3, 0.4) is 0 Å². The first-order chi connectivity index (χ1) is 51.4. The topological polar surface area (TPSA) is 427 Å². The summed E-state index contributed by atoms with van der Waals surface area (Å²) >= 11 is 21.4. The van der Waals surface area contributed by atoms with Gasteiger partial charge in [-0.05, 0) is 71.8 Å². The van der Waals surface area contributed by atoms with Gasteiger partial charge in [0.05, 0.1) is 49.8 Å². The SMILES string of the molecule is C#Cc1ccc(COc2ncnc(N)c2/C=N/OC)cc1.CO/N=C/c1c(N)ncnc1OCc1cc(Br)ccc1Cl.CO/N=C/c1c(N)ncnc1OCc1cc(Cl)ccc1OC.CO/N=C/c1c(N)ncnc1OCc1ccc(F)cc1Cl.[C-]#[N+]c1ccc(COc2ncnc(N)c2/C=N/OC)cc1. The summed E-state index contributed by atoms with van der Waals surface area (Å²) in [7, 11) is 8.69. The predicted molar refractivity (Wildman–Crippen MR) is 403 cm³/mol. The first-order valence-electron chi connectivity index (χ1n) is 30.1. The number of benzene rings is 5. The van der Waals surface area contributed by atoms with E-state index in [1.165, 1.54) is 116 Å². The number of halogens is 5. The molecular weight excluding hydrogens is 1500 g/mol. The lowest BCUT2D eigenvalue weighted by Gasteiger charge is -2.11. The molecule has 0 radical (unpaired) electrons. The van der Waals surface area contributed by atoms with Crippen molar-refractivity contribution in [2.24, 2.45) is 25.8 Å². The summed E-state index contributed by atoms with van der Waals surface area (Å²) in [5.74, 6) is 5.49. The van der Waals surface area contributed by atoms with Gasteiger partial charge in [0.2, 0.25) is 29.4 Å². The second-order valence-corrected chi connectivity index (χ2v) is 22.1. The highest BCUT2D eigenvalue weighted by Crippen LogP contribution is 2.29. The number of hydrogen-bond donors (Lipinski definition) is 5. The van der Waals surface area contributed by atoms with E-state index in [0.717, 1.165) is 32.3 Å². The molecule has 548 valence electrons. The fourth-order valence-electron chi connectivity index (χ4n) is 7.93. The molecule has 10 N–H and O–H groups in total. The molecular formula is C69H66BrCl3FN21O11. The highest BCUT2D eigenvalue weighted by Gasteiger charge is 2.16. The summed E-state index contributed by atoms with van der Waals surface area (Å²) in [6.07, 6.45) is 18.8. The Morgan fingerprint density at radius 1 is 0.443 bits per heavy atom. The van der Waals surface area contributed by atoms with Crippen molar-refractivity contribution in [3.63, 3.8) is 0 Å². The van der Waals surface area contributed by atoms with Crippen molar-refractivity contribution in [3.05, 3.63) is 233 Å². The van der Waals surface area contributed by atoms with Gasteiger partial charge in [-0.15, -0.1) is 6.42 Å². The number of nitrogens with zero attached hydrogens (tertiary/aromatic N) is 16. The molecule has 106 heavy (non-hydrogen) atoms. The third-order valence-electron chi connectivity index (χ3n) is 13.1. The lowest BCUT2D eigenvalue weighted by molar-refractivity contribution is 0.215. The van der Waals surface area contributed by atoms with Gasteiger partial charge in [-0.2, -0.15) is 0 Å². The number of nitrogens with two attached hydrogens (primary N) is 5. The van der Waals surface area contributed by atoms with Crippen molar-refractivity contribution in [2.75, 3.05) is 71.3 Å². The molecule has 5 aromatic carbocycles. The third-order valence-corrected chi connectivity index (χ3v) is 14.6. The van der Waals surface area contributed by atoms with Crippen molar-refractivity contribution in [1.82, 2.24) is 49.8 Å². The minimum atomic E-state index is -0.414. The maximum absolute atomic E-state index is 13.0. The number of nitrogen functional groups attached to an aromatic ring is 5. The van der Waals surface area contributed by atoms with Crippen LogP contribution in [0.25, 0.3) is 4.85 Å². The van der Waals surface area contributed by atoms with Gasteiger partial charge >= 0.3 is 0 Å². The number of hydrogen-bond acceptors (Lipinski definition) is 31. The second kappa shape index (κ2) is 44.4. The van der Waals surface area contributed by atoms with Crippen LogP contribution in [0.15, 0.2) is 165 Å². The molecule has 0 saturated heterocycles. The Kier molecular flexibility index (Phi) is 34.3. The Labute approximate surface area is 630 Å². The molecule has 0 bridgehead atoms. The summed E-state index contributed by atoms with van der Waals surface area (Å²) in [5, 5.41) is 19.7. The van der Waals surface area contributed by atoms with E-state index in [1.54, 1.807) is 43.5 Å². The lowest BCUT2D eigenvalue weighted by atomic mass is 10.1. The molecule has 0 unspecified atom stereocenters. The second-order valence-electron chi connectivity index (χ2n) is 20.0. The summed E-state index contributed by atoms with van der Waals surface area (Å²) < 4.78 is 47.3. The molecule has 0 spiro atoms. The fourth-order valence-corrected chi connectivity index (χ4v) is 8.92. The summed E-state index contributed by atoms with van der Waals surface area (Å²) in [5.41, 5.74) is 36.5. The number of methoxy groups -OCH3 is 1. The molecule has 10 rings (SSSR count). The Hall–Kier alpha value is -13.0. The van der Waals surface area contributed by atoms with E-state index in [1.807, 2.05) is 48.5 Å². The quantitative estimate of drug-likeness (QED) is 0.0145. The molecule has 32 nitrogen and oxygen atoms in total. The van der Waals surface area contributed by atoms with Gasteiger partial charge in [-0.1, -0.05) is 125 Å². The Morgan fingerprint density at radius 3 is 1.17 bits per heavy atom. The molecule has 0 aliphatic rings. The van der Waals surface area contributed by atoms with Gasteiger partial charge < -0.3 is 81.3 Å². The summed E-state index contributed by atoms with van der Waals surface area (Å²) in [6.45, 7) is 8.07. The number of anilines is 5. The van der Waals surface area contributed by atoms with Gasteiger partial charge in [0.1, 0.15) is 169 Å². The van der Waals surface area contributed by atoms with E-state index in [-0.39, 0.29) is 65.7 Å². The van der Waals surface area contributed by atoms with E-state index in [9.17, 15) is 4.39 Å². The van der Waals surface area contributed by atoms with E-state index >= 15 is 0 Å². The maximum Gasteiger partial charge on any atom is 0.228 e. The Morgan fingerprint density at radius 2 is 0.811 bits per heavy atom. The number of terminal acetylenes is 1. The number of ether oxygens (including phenoxy) is 6. The van der Waals surface area contributed by atoms with E-state index < -0.39 is 5.82 Å². The average Bonchev–Trinajstić information content (AvgIpc) is 0.887. The molecule has 0 fully saturated rings. The van der Waals surface area contributed by atoms with Gasteiger partial charge in [0, 0.05) is 36.8 Å². The zero-order valence-corrected chi connectivity index (χ0v) is 61.0. The predicted octanol–water partition coefficient (Wildman–Crippen LogP) is 11.5. The molecule has 0 atom stereocenters. The highest BCUT2D eigenvalue weighted by molar-refractivity contribution is 9.10. The minimum Gasteiger partial charge on any atom is -0.496 e.